The molecule has 1 aromatic rings. The van der Waals surface area contributed by atoms with Crippen LogP contribution in [0.4, 0.5) is 5.69 Å². The average molecular weight is 442 g/mol. The van der Waals surface area contributed by atoms with Gasteiger partial charge in [0.05, 0.1) is 18.2 Å². The van der Waals surface area contributed by atoms with Crippen molar-refractivity contribution >= 4 is 45.0 Å². The Bertz CT molecular complexity index is 990. The lowest BCUT2D eigenvalue weighted by molar-refractivity contribution is -0.140. The van der Waals surface area contributed by atoms with E-state index in [1.807, 2.05) is 0 Å². The summed E-state index contributed by atoms with van der Waals surface area (Å²) in [6, 6.07) is 4.07. The summed E-state index contributed by atoms with van der Waals surface area (Å²) in [6.45, 7) is 3.57. The second-order valence-corrected chi connectivity index (χ2v) is 8.97. The first kappa shape index (κ1) is 21.4. The summed E-state index contributed by atoms with van der Waals surface area (Å²) >= 11 is 6.09. The maximum Gasteiger partial charge on any atom is 0.257 e. The van der Waals surface area contributed by atoms with E-state index in [1.165, 1.54) is 36.4 Å². The zero-order valence-corrected chi connectivity index (χ0v) is 17.5. The number of anilines is 1. The van der Waals surface area contributed by atoms with E-state index in [0.717, 1.165) is 4.90 Å². The number of nitrogens with zero attached hydrogens (tertiary/aromatic N) is 2. The summed E-state index contributed by atoms with van der Waals surface area (Å²) in [5.41, 5.74) is 0.785. The molecule has 29 heavy (non-hydrogen) atoms. The fourth-order valence-corrected chi connectivity index (χ4v) is 4.92. The Kier molecular flexibility index (Phi) is 6.08. The summed E-state index contributed by atoms with van der Waals surface area (Å²) in [7, 11) is -3.86. The second kappa shape index (κ2) is 8.23. The lowest BCUT2D eigenvalue weighted by Crippen LogP contribution is -2.40. The number of sulfonamides is 1. The number of ether oxygens (including phenoxy) is 1. The van der Waals surface area contributed by atoms with Crippen LogP contribution in [0.15, 0.2) is 34.2 Å². The van der Waals surface area contributed by atoms with Gasteiger partial charge in [0.2, 0.25) is 15.9 Å². The average Bonchev–Trinajstić information content (AvgIpc) is 2.88. The van der Waals surface area contributed by atoms with Crippen LogP contribution in [0.3, 0.4) is 0 Å². The predicted molar refractivity (Wildman–Crippen MR) is 105 cm³/mol. The Morgan fingerprint density at radius 1 is 1.14 bits per heavy atom. The van der Waals surface area contributed by atoms with E-state index < -0.39 is 34.3 Å². The molecule has 0 aliphatic carbocycles. The molecule has 0 aromatic heterocycles. The van der Waals surface area contributed by atoms with E-state index in [2.05, 4.69) is 5.32 Å². The van der Waals surface area contributed by atoms with Gasteiger partial charge in [-0.05, 0) is 32.0 Å². The molecule has 1 N–H and O–H groups in total. The lowest BCUT2D eigenvalue weighted by Gasteiger charge is -2.26. The first-order valence-corrected chi connectivity index (χ1v) is 10.7. The molecule has 0 spiro atoms. The van der Waals surface area contributed by atoms with Gasteiger partial charge in [0, 0.05) is 29.9 Å². The van der Waals surface area contributed by atoms with E-state index in [4.69, 9.17) is 16.3 Å². The Morgan fingerprint density at radius 2 is 1.72 bits per heavy atom. The van der Waals surface area contributed by atoms with Crippen molar-refractivity contribution in [2.75, 3.05) is 38.2 Å². The second-order valence-electron chi connectivity index (χ2n) is 6.66. The Hall–Kier alpha value is -2.27. The van der Waals surface area contributed by atoms with Crippen molar-refractivity contribution in [1.29, 1.82) is 0 Å². The molecule has 1 fully saturated rings. The number of imide groups is 1. The molecule has 0 bridgehead atoms. The highest BCUT2D eigenvalue weighted by Crippen LogP contribution is 2.28. The quantitative estimate of drug-likeness (QED) is 0.682. The fourth-order valence-electron chi connectivity index (χ4n) is 3.01. The maximum absolute atomic E-state index is 12.9. The van der Waals surface area contributed by atoms with Crippen LogP contribution >= 0.6 is 11.6 Å². The number of carbonyl (C=O) groups is 3. The number of hydrogen-bond acceptors (Lipinski definition) is 6. The van der Waals surface area contributed by atoms with Gasteiger partial charge in [0.1, 0.15) is 11.4 Å². The zero-order chi connectivity index (χ0) is 21.3. The summed E-state index contributed by atoms with van der Waals surface area (Å²) in [6.07, 6.45) is 0. The van der Waals surface area contributed by atoms with Gasteiger partial charge in [0.25, 0.3) is 11.8 Å². The SMILES string of the molecule is CC1=C(C)C(=O)N(CC(=O)Nc2ccc(Cl)c(S(=O)(=O)N3CCOCC3)c2)C1=O. The molecule has 2 aliphatic heterocycles. The van der Waals surface area contributed by atoms with Gasteiger partial charge in [-0.2, -0.15) is 4.31 Å². The van der Waals surface area contributed by atoms with Gasteiger partial charge in [-0.25, -0.2) is 8.42 Å². The minimum Gasteiger partial charge on any atom is -0.379 e. The number of rotatable bonds is 5. The highest BCUT2D eigenvalue weighted by Gasteiger charge is 2.34. The number of benzene rings is 1. The first-order chi connectivity index (χ1) is 13.6. The number of amides is 3. The third kappa shape index (κ3) is 4.20. The molecule has 3 rings (SSSR count). The molecule has 156 valence electrons. The van der Waals surface area contributed by atoms with Crippen molar-refractivity contribution in [3.05, 3.63) is 34.4 Å². The van der Waals surface area contributed by atoms with Crippen molar-refractivity contribution in [3.63, 3.8) is 0 Å². The molecule has 0 unspecified atom stereocenters. The van der Waals surface area contributed by atoms with Gasteiger partial charge in [-0.3, -0.25) is 19.3 Å². The van der Waals surface area contributed by atoms with Crippen LogP contribution in [0.25, 0.3) is 0 Å². The molecule has 0 saturated carbocycles. The van der Waals surface area contributed by atoms with Gasteiger partial charge in [-0.15, -0.1) is 0 Å². The summed E-state index contributed by atoms with van der Waals surface area (Å²) < 4.78 is 32.1. The third-order valence-electron chi connectivity index (χ3n) is 4.80. The minimum absolute atomic E-state index is 0.0230. The molecule has 9 nitrogen and oxygen atoms in total. The topological polar surface area (TPSA) is 113 Å². The van der Waals surface area contributed by atoms with E-state index in [9.17, 15) is 22.8 Å². The summed E-state index contributed by atoms with van der Waals surface area (Å²) in [5.74, 6) is -1.67. The third-order valence-corrected chi connectivity index (χ3v) is 7.18. The van der Waals surface area contributed by atoms with Crippen LogP contribution in [0.5, 0.6) is 0 Å². The van der Waals surface area contributed by atoms with Crippen LogP contribution < -0.4 is 5.32 Å². The van der Waals surface area contributed by atoms with Gasteiger partial charge in [0.15, 0.2) is 0 Å². The number of halogens is 1. The lowest BCUT2D eigenvalue weighted by atomic mass is 10.2. The number of hydrogen-bond donors (Lipinski definition) is 1. The van der Waals surface area contributed by atoms with Crippen LogP contribution in [0.1, 0.15) is 13.8 Å². The van der Waals surface area contributed by atoms with Crippen molar-refractivity contribution in [1.82, 2.24) is 9.21 Å². The summed E-state index contributed by atoms with van der Waals surface area (Å²) in [5, 5.41) is 2.54. The molecule has 0 radical (unpaired) electrons. The number of morpholine rings is 1. The van der Waals surface area contributed by atoms with Crippen LogP contribution in [-0.4, -0.2) is 68.2 Å². The Balaban J connectivity index is 1.76. The van der Waals surface area contributed by atoms with Gasteiger partial charge in [-0.1, -0.05) is 11.6 Å². The molecular weight excluding hydrogens is 422 g/mol. The Labute approximate surface area is 173 Å². The maximum atomic E-state index is 12.9. The fraction of sp³-hybridized carbons (Fsp3) is 0.389. The molecule has 11 heteroatoms. The van der Waals surface area contributed by atoms with Crippen LogP contribution in [0, 0.1) is 0 Å². The Morgan fingerprint density at radius 3 is 2.31 bits per heavy atom. The van der Waals surface area contributed by atoms with Gasteiger partial charge < -0.3 is 10.1 Å². The van der Waals surface area contributed by atoms with Crippen LogP contribution in [0.2, 0.25) is 5.02 Å². The summed E-state index contributed by atoms with van der Waals surface area (Å²) in [4.78, 5) is 37.2. The predicted octanol–water partition coefficient (Wildman–Crippen LogP) is 1.00. The smallest absolute Gasteiger partial charge is 0.257 e. The monoisotopic (exact) mass is 441 g/mol. The molecule has 1 aromatic carbocycles. The molecular formula is C18H20ClN3O6S. The minimum atomic E-state index is -3.86. The van der Waals surface area contributed by atoms with Crippen molar-refractivity contribution in [2.45, 2.75) is 18.7 Å². The number of nitrogens with one attached hydrogen (secondary N) is 1. The molecule has 1 saturated heterocycles. The van der Waals surface area contributed by atoms with E-state index >= 15 is 0 Å². The standard InChI is InChI=1S/C18H20ClN3O6S/c1-11-12(2)18(25)22(17(11)24)10-16(23)20-13-3-4-14(19)15(9-13)29(26,27)21-5-7-28-8-6-21/h3-4,9H,5-8,10H2,1-2H3,(H,20,23). The van der Waals surface area contributed by atoms with Crippen molar-refractivity contribution in [3.8, 4) is 0 Å². The first-order valence-electron chi connectivity index (χ1n) is 8.84. The normalized spacial score (nSPS) is 18.5. The molecule has 2 aliphatic rings. The molecule has 2 heterocycles. The molecule has 0 atom stereocenters. The van der Waals surface area contributed by atoms with Crippen LogP contribution in [-0.2, 0) is 29.1 Å². The van der Waals surface area contributed by atoms with E-state index in [1.54, 1.807) is 0 Å². The van der Waals surface area contributed by atoms with E-state index in [0.29, 0.717) is 11.1 Å². The largest absolute Gasteiger partial charge is 0.379 e. The highest BCUT2D eigenvalue weighted by molar-refractivity contribution is 7.89. The number of carbonyl (C=O) groups excluding carboxylic acids is 3. The van der Waals surface area contributed by atoms with E-state index in [-0.39, 0.29) is 41.9 Å². The van der Waals surface area contributed by atoms with Crippen molar-refractivity contribution in [2.24, 2.45) is 0 Å². The van der Waals surface area contributed by atoms with Crippen molar-refractivity contribution < 1.29 is 27.5 Å². The van der Waals surface area contributed by atoms with Gasteiger partial charge >= 0.3 is 0 Å². The molecule has 3 amide bonds. The highest BCUT2D eigenvalue weighted by atomic mass is 35.5. The zero-order valence-electron chi connectivity index (χ0n) is 15.9.